The maximum Gasteiger partial charge on any atom is 0.225 e. The Labute approximate surface area is 129 Å². The largest absolute Gasteiger partial charge is 0.357 e. The number of thiophene rings is 1. The first-order valence-corrected chi connectivity index (χ1v) is 7.81. The summed E-state index contributed by atoms with van der Waals surface area (Å²) < 4.78 is 1.04. The number of aromatic nitrogens is 2. The molecule has 102 valence electrons. The Bertz CT molecular complexity index is 769. The van der Waals surface area contributed by atoms with E-state index in [2.05, 4.69) is 55.6 Å². The van der Waals surface area contributed by atoms with Crippen molar-refractivity contribution in [2.45, 2.75) is 6.92 Å². The second-order valence-corrected chi connectivity index (χ2v) is 6.18. The molecule has 2 heterocycles. The van der Waals surface area contributed by atoms with E-state index in [0.717, 1.165) is 26.2 Å². The normalized spacial score (nSPS) is 10.8. The second kappa shape index (κ2) is 5.38. The fraction of sp³-hybridized carbons (Fsp3) is 0.143. The number of aryl methyl sites for hydroxylation is 1. The molecule has 2 N–H and O–H groups in total. The molecule has 0 bridgehead atoms. The minimum Gasteiger partial charge on any atom is -0.357 e. The van der Waals surface area contributed by atoms with Crippen LogP contribution in [-0.4, -0.2) is 17.0 Å². The fourth-order valence-electron chi connectivity index (χ4n) is 1.92. The van der Waals surface area contributed by atoms with Crippen molar-refractivity contribution < 1.29 is 0 Å². The highest BCUT2D eigenvalue weighted by molar-refractivity contribution is 9.10. The number of nitrogens with one attached hydrogen (secondary N) is 2. The van der Waals surface area contributed by atoms with Crippen molar-refractivity contribution in [2.75, 3.05) is 17.7 Å². The molecule has 4 nitrogen and oxygen atoms in total. The Kier molecular flexibility index (Phi) is 3.58. The number of nitrogens with zero attached hydrogens (tertiary/aromatic N) is 2. The van der Waals surface area contributed by atoms with Crippen LogP contribution in [0, 0.1) is 6.92 Å². The van der Waals surface area contributed by atoms with Gasteiger partial charge in [-0.2, -0.15) is 4.98 Å². The van der Waals surface area contributed by atoms with E-state index in [-0.39, 0.29) is 0 Å². The summed E-state index contributed by atoms with van der Waals surface area (Å²) in [5.41, 5.74) is 2.20. The molecule has 0 fully saturated rings. The first kappa shape index (κ1) is 13.3. The molecule has 0 radical (unpaired) electrons. The van der Waals surface area contributed by atoms with E-state index in [1.54, 1.807) is 11.3 Å². The van der Waals surface area contributed by atoms with Crippen LogP contribution < -0.4 is 10.6 Å². The van der Waals surface area contributed by atoms with E-state index in [1.165, 1.54) is 5.56 Å². The van der Waals surface area contributed by atoms with Gasteiger partial charge in [-0.3, -0.25) is 0 Å². The number of fused-ring (bicyclic) bond motifs is 1. The lowest BCUT2D eigenvalue weighted by Crippen LogP contribution is -2.01. The Hall–Kier alpha value is -1.66. The predicted molar refractivity (Wildman–Crippen MR) is 89.1 cm³/mol. The summed E-state index contributed by atoms with van der Waals surface area (Å²) in [6.45, 7) is 2.07. The van der Waals surface area contributed by atoms with Gasteiger partial charge in [-0.05, 0) is 36.1 Å². The van der Waals surface area contributed by atoms with Crippen LogP contribution in [-0.2, 0) is 0 Å². The smallest absolute Gasteiger partial charge is 0.225 e. The van der Waals surface area contributed by atoms with Crippen LogP contribution in [0.5, 0.6) is 0 Å². The minimum absolute atomic E-state index is 0.620. The average Bonchev–Trinajstić information content (AvgIpc) is 2.91. The molecule has 0 spiro atoms. The van der Waals surface area contributed by atoms with E-state index >= 15 is 0 Å². The maximum atomic E-state index is 4.52. The van der Waals surface area contributed by atoms with Crippen LogP contribution in [0.3, 0.4) is 0 Å². The van der Waals surface area contributed by atoms with Crippen molar-refractivity contribution in [1.29, 1.82) is 0 Å². The van der Waals surface area contributed by atoms with Crippen LogP contribution in [0.1, 0.15) is 5.56 Å². The molecule has 3 aromatic rings. The lowest BCUT2D eigenvalue weighted by molar-refractivity contribution is 1.20. The Balaban J connectivity index is 2.09. The van der Waals surface area contributed by atoms with Gasteiger partial charge in [-0.1, -0.05) is 22.0 Å². The molecule has 0 atom stereocenters. The van der Waals surface area contributed by atoms with Crippen LogP contribution >= 0.6 is 27.3 Å². The van der Waals surface area contributed by atoms with Gasteiger partial charge in [-0.25, -0.2) is 4.98 Å². The number of rotatable bonds is 3. The summed E-state index contributed by atoms with van der Waals surface area (Å²) in [6, 6.07) is 8.18. The van der Waals surface area contributed by atoms with Crippen LogP contribution in [0.2, 0.25) is 0 Å². The second-order valence-electron chi connectivity index (χ2n) is 4.37. The number of benzene rings is 1. The Morgan fingerprint density at radius 2 is 2.05 bits per heavy atom. The van der Waals surface area contributed by atoms with Gasteiger partial charge in [-0.15, -0.1) is 11.3 Å². The van der Waals surface area contributed by atoms with E-state index in [1.807, 2.05) is 24.6 Å². The molecule has 0 unspecified atom stereocenters. The molecule has 20 heavy (non-hydrogen) atoms. The summed E-state index contributed by atoms with van der Waals surface area (Å²) in [6.07, 6.45) is 0. The van der Waals surface area contributed by atoms with E-state index in [4.69, 9.17) is 0 Å². The first-order chi connectivity index (χ1) is 9.67. The Morgan fingerprint density at radius 1 is 1.20 bits per heavy atom. The van der Waals surface area contributed by atoms with Crippen molar-refractivity contribution in [2.24, 2.45) is 0 Å². The zero-order chi connectivity index (χ0) is 14.1. The summed E-state index contributed by atoms with van der Waals surface area (Å²) in [7, 11) is 1.82. The van der Waals surface area contributed by atoms with Gasteiger partial charge in [0.05, 0.1) is 5.39 Å². The molecule has 0 saturated heterocycles. The zero-order valence-electron chi connectivity index (χ0n) is 11.1. The maximum absolute atomic E-state index is 4.52. The lowest BCUT2D eigenvalue weighted by Gasteiger charge is -2.11. The summed E-state index contributed by atoms with van der Waals surface area (Å²) in [5, 5.41) is 9.46. The zero-order valence-corrected chi connectivity index (χ0v) is 13.5. The minimum atomic E-state index is 0.620. The molecule has 0 aliphatic heterocycles. The molecule has 1 aromatic carbocycles. The third-order valence-corrected chi connectivity index (χ3v) is 4.30. The highest BCUT2D eigenvalue weighted by Gasteiger charge is 2.09. The average molecular weight is 349 g/mol. The molecule has 2 aromatic heterocycles. The van der Waals surface area contributed by atoms with Crippen molar-refractivity contribution >= 4 is 54.9 Å². The molecular weight excluding hydrogens is 336 g/mol. The topological polar surface area (TPSA) is 49.8 Å². The van der Waals surface area contributed by atoms with Crippen LogP contribution in [0.4, 0.5) is 17.5 Å². The summed E-state index contributed by atoms with van der Waals surface area (Å²) >= 11 is 5.11. The van der Waals surface area contributed by atoms with Crippen molar-refractivity contribution in [3.8, 4) is 0 Å². The van der Waals surface area contributed by atoms with E-state index in [9.17, 15) is 0 Å². The standard InChI is InChI=1S/C14H13BrN4S/c1-8-3-4-9(15)7-11(8)17-12-10-5-6-20-13(10)19-14(16-2)18-12/h3-7H,1-2H3,(H2,16,17,18,19). The third-order valence-electron chi connectivity index (χ3n) is 3.00. The molecule has 0 amide bonds. The number of anilines is 3. The Morgan fingerprint density at radius 3 is 2.85 bits per heavy atom. The quantitative estimate of drug-likeness (QED) is 0.729. The summed E-state index contributed by atoms with van der Waals surface area (Å²) in [4.78, 5) is 9.93. The van der Waals surface area contributed by atoms with Crippen molar-refractivity contribution in [3.63, 3.8) is 0 Å². The van der Waals surface area contributed by atoms with Gasteiger partial charge in [0.1, 0.15) is 10.6 Å². The van der Waals surface area contributed by atoms with Crippen LogP contribution in [0.15, 0.2) is 34.1 Å². The van der Waals surface area contributed by atoms with E-state index < -0.39 is 0 Å². The predicted octanol–water partition coefficient (Wildman–Crippen LogP) is 4.55. The van der Waals surface area contributed by atoms with Gasteiger partial charge in [0.25, 0.3) is 0 Å². The van der Waals surface area contributed by atoms with Crippen molar-refractivity contribution in [1.82, 2.24) is 9.97 Å². The van der Waals surface area contributed by atoms with Gasteiger partial charge in [0.2, 0.25) is 5.95 Å². The highest BCUT2D eigenvalue weighted by atomic mass is 79.9. The SMILES string of the molecule is CNc1nc(Nc2cc(Br)ccc2C)c2ccsc2n1. The molecule has 0 saturated carbocycles. The third kappa shape index (κ3) is 2.48. The summed E-state index contributed by atoms with van der Waals surface area (Å²) in [5.74, 6) is 1.44. The highest BCUT2D eigenvalue weighted by Crippen LogP contribution is 2.30. The molecule has 3 rings (SSSR count). The first-order valence-electron chi connectivity index (χ1n) is 6.13. The van der Waals surface area contributed by atoms with Gasteiger partial charge in [0, 0.05) is 17.2 Å². The molecule has 0 aliphatic rings. The number of halogens is 1. The monoisotopic (exact) mass is 348 g/mol. The lowest BCUT2D eigenvalue weighted by atomic mass is 10.2. The van der Waals surface area contributed by atoms with E-state index in [0.29, 0.717) is 5.95 Å². The molecule has 6 heteroatoms. The van der Waals surface area contributed by atoms with Gasteiger partial charge in [0.15, 0.2) is 0 Å². The number of hydrogen-bond donors (Lipinski definition) is 2. The number of hydrogen-bond acceptors (Lipinski definition) is 5. The van der Waals surface area contributed by atoms with Gasteiger partial charge >= 0.3 is 0 Å². The fourth-order valence-corrected chi connectivity index (χ4v) is 3.04. The van der Waals surface area contributed by atoms with Crippen molar-refractivity contribution in [3.05, 3.63) is 39.7 Å². The van der Waals surface area contributed by atoms with Gasteiger partial charge < -0.3 is 10.6 Å². The molecule has 0 aliphatic carbocycles. The molecular formula is C14H13BrN4S. The van der Waals surface area contributed by atoms with Crippen LogP contribution in [0.25, 0.3) is 10.2 Å².